The fourth-order valence-electron chi connectivity index (χ4n) is 2.77. The Labute approximate surface area is 120 Å². The van der Waals surface area contributed by atoms with E-state index in [-0.39, 0.29) is 5.69 Å². The molecule has 3 rings (SSSR count). The number of anilines is 1. The number of benzene rings is 1. The van der Waals surface area contributed by atoms with Gasteiger partial charge in [0.2, 0.25) is 5.95 Å². The van der Waals surface area contributed by atoms with E-state index in [9.17, 15) is 10.1 Å². The molecule has 1 heterocycles. The Bertz CT molecular complexity index is 642. The van der Waals surface area contributed by atoms with Crippen LogP contribution in [0.1, 0.15) is 19.3 Å². The monoisotopic (exact) mass is 294 g/mol. The predicted octanol–water partition coefficient (Wildman–Crippen LogP) is 3.29. The van der Waals surface area contributed by atoms with Gasteiger partial charge in [0.05, 0.1) is 16.0 Å². The summed E-state index contributed by atoms with van der Waals surface area (Å²) in [6, 6.07) is 4.94. The maximum atomic E-state index is 10.8. The van der Waals surface area contributed by atoms with Gasteiger partial charge in [-0.2, -0.15) is 0 Å². The number of aromatic nitrogens is 2. The number of rotatable bonds is 4. The molecular weight excluding hydrogens is 280 g/mol. The minimum Gasteiger partial charge on any atom is -0.353 e. The second-order valence-electron chi connectivity index (χ2n) is 5.14. The molecule has 2 unspecified atom stereocenters. The van der Waals surface area contributed by atoms with Crippen LogP contribution < -0.4 is 5.32 Å². The quantitative estimate of drug-likeness (QED) is 0.515. The molecule has 7 heteroatoms. The number of fused-ring (bicyclic) bond motifs is 1. The number of aromatic amines is 1. The van der Waals surface area contributed by atoms with E-state index in [0.29, 0.717) is 29.3 Å². The number of nitro benzene ring substituents is 1. The summed E-state index contributed by atoms with van der Waals surface area (Å²) in [6.07, 6.45) is 3.38. The Morgan fingerprint density at radius 2 is 2.35 bits per heavy atom. The number of H-pyrrole nitrogens is 1. The molecule has 2 atom stereocenters. The molecule has 2 aromatic rings. The van der Waals surface area contributed by atoms with E-state index in [4.69, 9.17) is 11.6 Å². The van der Waals surface area contributed by atoms with Gasteiger partial charge in [-0.05, 0) is 24.8 Å². The van der Waals surface area contributed by atoms with E-state index in [1.165, 1.54) is 18.6 Å². The number of nitro groups is 1. The van der Waals surface area contributed by atoms with Crippen LogP contribution in [0.3, 0.4) is 0 Å². The van der Waals surface area contributed by atoms with Crippen molar-refractivity contribution in [2.24, 2.45) is 5.92 Å². The molecule has 1 aromatic heterocycles. The van der Waals surface area contributed by atoms with Crippen molar-refractivity contribution in [2.75, 3.05) is 11.2 Å². The van der Waals surface area contributed by atoms with Gasteiger partial charge in [0.15, 0.2) is 0 Å². The number of nitrogens with zero attached hydrogens (tertiary/aromatic N) is 2. The lowest BCUT2D eigenvalue weighted by Crippen LogP contribution is -2.25. The fraction of sp³-hybridized carbons (Fsp3) is 0.462. The van der Waals surface area contributed by atoms with Gasteiger partial charge in [-0.25, -0.2) is 4.98 Å². The van der Waals surface area contributed by atoms with Crippen molar-refractivity contribution in [3.63, 3.8) is 0 Å². The number of hydrogen-bond donors (Lipinski definition) is 2. The van der Waals surface area contributed by atoms with Crippen molar-refractivity contribution in [3.8, 4) is 0 Å². The molecule has 1 aliphatic rings. The van der Waals surface area contributed by atoms with Crippen LogP contribution in [0.4, 0.5) is 11.6 Å². The summed E-state index contributed by atoms with van der Waals surface area (Å²) in [7, 11) is 0. The molecule has 0 amide bonds. The maximum Gasteiger partial charge on any atom is 0.271 e. The van der Waals surface area contributed by atoms with Crippen LogP contribution in [0.2, 0.25) is 0 Å². The Balaban J connectivity index is 1.84. The molecule has 1 aromatic carbocycles. The summed E-state index contributed by atoms with van der Waals surface area (Å²) >= 11 is 5.96. The van der Waals surface area contributed by atoms with Gasteiger partial charge < -0.3 is 10.3 Å². The van der Waals surface area contributed by atoms with Crippen LogP contribution in [0.5, 0.6) is 0 Å². The maximum absolute atomic E-state index is 10.8. The molecule has 1 fully saturated rings. The van der Waals surface area contributed by atoms with Crippen LogP contribution in [-0.2, 0) is 0 Å². The first-order valence-electron chi connectivity index (χ1n) is 6.64. The molecule has 0 aliphatic heterocycles. The van der Waals surface area contributed by atoms with Crippen LogP contribution in [0, 0.1) is 16.0 Å². The smallest absolute Gasteiger partial charge is 0.271 e. The molecule has 0 bridgehead atoms. The molecule has 6 nitrogen and oxygen atoms in total. The van der Waals surface area contributed by atoms with Gasteiger partial charge >= 0.3 is 0 Å². The Hall–Kier alpha value is -1.82. The van der Waals surface area contributed by atoms with Crippen molar-refractivity contribution in [2.45, 2.75) is 25.3 Å². The van der Waals surface area contributed by atoms with E-state index < -0.39 is 4.92 Å². The first kappa shape index (κ1) is 13.2. The largest absolute Gasteiger partial charge is 0.353 e. The lowest BCUT2D eigenvalue weighted by Gasteiger charge is -2.17. The molecule has 1 saturated carbocycles. The molecule has 1 aliphatic carbocycles. The SMILES string of the molecule is O=[N+]([O-])c1ccc2nc(NC3CCCC3CCl)[nH]c2c1. The molecule has 0 spiro atoms. The highest BCUT2D eigenvalue weighted by molar-refractivity contribution is 6.18. The highest BCUT2D eigenvalue weighted by Crippen LogP contribution is 2.29. The first-order chi connectivity index (χ1) is 9.67. The van der Waals surface area contributed by atoms with Crippen molar-refractivity contribution >= 4 is 34.3 Å². The van der Waals surface area contributed by atoms with Crippen LogP contribution in [0.15, 0.2) is 18.2 Å². The zero-order chi connectivity index (χ0) is 14.1. The van der Waals surface area contributed by atoms with Crippen molar-refractivity contribution in [1.29, 1.82) is 0 Å². The molecule has 0 radical (unpaired) electrons. The average molecular weight is 295 g/mol. The van der Waals surface area contributed by atoms with E-state index in [1.54, 1.807) is 6.07 Å². The topological polar surface area (TPSA) is 83.8 Å². The summed E-state index contributed by atoms with van der Waals surface area (Å²) in [5.41, 5.74) is 1.45. The highest BCUT2D eigenvalue weighted by atomic mass is 35.5. The highest BCUT2D eigenvalue weighted by Gasteiger charge is 2.27. The predicted molar refractivity (Wildman–Crippen MR) is 78.2 cm³/mol. The van der Waals surface area contributed by atoms with E-state index in [1.807, 2.05) is 0 Å². The Morgan fingerprint density at radius 1 is 1.50 bits per heavy atom. The molecule has 0 saturated heterocycles. The van der Waals surface area contributed by atoms with E-state index in [2.05, 4.69) is 15.3 Å². The zero-order valence-electron chi connectivity index (χ0n) is 10.8. The number of nitrogens with one attached hydrogen (secondary N) is 2. The third kappa shape index (κ3) is 2.43. The minimum atomic E-state index is -0.409. The Kier molecular flexibility index (Phi) is 3.48. The lowest BCUT2D eigenvalue weighted by molar-refractivity contribution is -0.384. The summed E-state index contributed by atoms with van der Waals surface area (Å²) < 4.78 is 0. The molecule has 106 valence electrons. The Morgan fingerprint density at radius 3 is 3.10 bits per heavy atom. The van der Waals surface area contributed by atoms with Crippen molar-refractivity contribution in [1.82, 2.24) is 9.97 Å². The normalized spacial score (nSPS) is 22.2. The summed E-state index contributed by atoms with van der Waals surface area (Å²) in [4.78, 5) is 17.8. The number of hydrogen-bond acceptors (Lipinski definition) is 4. The van der Waals surface area contributed by atoms with Gasteiger partial charge in [0.25, 0.3) is 5.69 Å². The van der Waals surface area contributed by atoms with Crippen molar-refractivity contribution < 1.29 is 4.92 Å². The van der Waals surface area contributed by atoms with Crippen LogP contribution in [0.25, 0.3) is 11.0 Å². The van der Waals surface area contributed by atoms with E-state index >= 15 is 0 Å². The average Bonchev–Trinajstić information content (AvgIpc) is 3.03. The summed E-state index contributed by atoms with van der Waals surface area (Å²) in [5, 5.41) is 14.1. The van der Waals surface area contributed by atoms with Crippen LogP contribution >= 0.6 is 11.6 Å². The van der Waals surface area contributed by atoms with Gasteiger partial charge in [0, 0.05) is 24.1 Å². The number of alkyl halides is 1. The van der Waals surface area contributed by atoms with Crippen molar-refractivity contribution in [3.05, 3.63) is 28.3 Å². The fourth-order valence-corrected chi connectivity index (χ4v) is 3.14. The number of imidazole rings is 1. The van der Waals surface area contributed by atoms with Crippen LogP contribution in [-0.4, -0.2) is 26.8 Å². The second-order valence-corrected chi connectivity index (χ2v) is 5.45. The van der Waals surface area contributed by atoms with Gasteiger partial charge in [-0.1, -0.05) is 6.42 Å². The number of non-ortho nitro benzene ring substituents is 1. The summed E-state index contributed by atoms with van der Waals surface area (Å²) in [6.45, 7) is 0. The third-order valence-corrected chi connectivity index (χ3v) is 4.25. The van der Waals surface area contributed by atoms with Gasteiger partial charge in [-0.15, -0.1) is 11.6 Å². The molecule has 20 heavy (non-hydrogen) atoms. The summed E-state index contributed by atoms with van der Waals surface area (Å²) in [5.74, 6) is 1.75. The first-order valence-corrected chi connectivity index (χ1v) is 7.17. The lowest BCUT2D eigenvalue weighted by atomic mass is 10.1. The minimum absolute atomic E-state index is 0.0622. The number of halogens is 1. The van der Waals surface area contributed by atoms with Gasteiger partial charge in [-0.3, -0.25) is 10.1 Å². The van der Waals surface area contributed by atoms with E-state index in [0.717, 1.165) is 18.4 Å². The van der Waals surface area contributed by atoms with Gasteiger partial charge in [0.1, 0.15) is 0 Å². The third-order valence-electron chi connectivity index (χ3n) is 3.86. The second kappa shape index (κ2) is 5.28. The molecule has 2 N–H and O–H groups in total. The molecular formula is C13H15ClN4O2. The standard InChI is InChI=1S/C13H15ClN4O2/c14-7-8-2-1-3-10(8)15-13-16-11-5-4-9(18(19)20)6-12(11)17-13/h4-6,8,10H,1-3,7H2,(H2,15,16,17). The zero-order valence-corrected chi connectivity index (χ0v) is 11.6.